The summed E-state index contributed by atoms with van der Waals surface area (Å²) >= 11 is 0. The molecule has 6 heteroatoms. The van der Waals surface area contributed by atoms with Gasteiger partial charge >= 0.3 is 11.9 Å². The van der Waals surface area contributed by atoms with E-state index < -0.39 is 17.8 Å². The Morgan fingerprint density at radius 3 is 2.41 bits per heavy atom. The minimum atomic E-state index is -0.878. The standard InChI is InChI=1S/C16H25NO5/c1-2-22-16(21)11-6-5-9-17(10-11)14(18)12-7-3-4-8-13(12)15(19)20/h11-13H,2-10H2,1H3,(H,19,20). The molecule has 1 heterocycles. The quantitative estimate of drug-likeness (QED) is 0.799. The molecule has 2 aliphatic rings. The molecule has 22 heavy (non-hydrogen) atoms. The van der Waals surface area contributed by atoms with Crippen molar-refractivity contribution in [2.45, 2.75) is 45.4 Å². The molecule has 0 aromatic rings. The molecule has 2 rings (SSSR count). The second kappa shape index (κ2) is 7.61. The van der Waals surface area contributed by atoms with Gasteiger partial charge in [0.25, 0.3) is 0 Å². The topological polar surface area (TPSA) is 83.9 Å². The van der Waals surface area contributed by atoms with Gasteiger partial charge in [-0.2, -0.15) is 0 Å². The number of rotatable bonds is 4. The summed E-state index contributed by atoms with van der Waals surface area (Å²) in [6, 6.07) is 0. The number of carbonyl (C=O) groups is 3. The van der Waals surface area contributed by atoms with E-state index in [0.29, 0.717) is 32.5 Å². The van der Waals surface area contributed by atoms with Gasteiger partial charge in [-0.05, 0) is 32.6 Å². The number of nitrogens with zero attached hydrogens (tertiary/aromatic N) is 1. The predicted molar refractivity (Wildman–Crippen MR) is 79.0 cm³/mol. The lowest BCUT2D eigenvalue weighted by Gasteiger charge is -2.36. The van der Waals surface area contributed by atoms with Crippen molar-refractivity contribution < 1.29 is 24.2 Å². The van der Waals surface area contributed by atoms with E-state index in [1.54, 1.807) is 11.8 Å². The van der Waals surface area contributed by atoms with Crippen LogP contribution in [0.5, 0.6) is 0 Å². The van der Waals surface area contributed by atoms with Crippen molar-refractivity contribution in [2.75, 3.05) is 19.7 Å². The van der Waals surface area contributed by atoms with Gasteiger partial charge in [0.1, 0.15) is 0 Å². The monoisotopic (exact) mass is 311 g/mol. The van der Waals surface area contributed by atoms with E-state index in [2.05, 4.69) is 0 Å². The van der Waals surface area contributed by atoms with Crippen molar-refractivity contribution in [3.05, 3.63) is 0 Å². The van der Waals surface area contributed by atoms with Crippen LogP contribution in [0.3, 0.4) is 0 Å². The van der Waals surface area contributed by atoms with Crippen LogP contribution in [-0.2, 0) is 19.1 Å². The third-order valence-electron chi connectivity index (χ3n) is 4.75. The van der Waals surface area contributed by atoms with Crippen LogP contribution in [0.25, 0.3) is 0 Å². The number of esters is 1. The predicted octanol–water partition coefficient (Wildman–Crippen LogP) is 1.68. The molecule has 1 aliphatic heterocycles. The summed E-state index contributed by atoms with van der Waals surface area (Å²) in [5.41, 5.74) is 0. The summed E-state index contributed by atoms with van der Waals surface area (Å²) < 4.78 is 5.04. The molecule has 2 fully saturated rings. The molecule has 0 aromatic carbocycles. The fraction of sp³-hybridized carbons (Fsp3) is 0.812. The zero-order chi connectivity index (χ0) is 16.1. The van der Waals surface area contributed by atoms with E-state index in [1.165, 1.54) is 0 Å². The summed E-state index contributed by atoms with van der Waals surface area (Å²) in [5.74, 6) is -2.52. The molecule has 3 unspecified atom stereocenters. The number of ether oxygens (including phenoxy) is 1. The minimum absolute atomic E-state index is 0.0962. The van der Waals surface area contributed by atoms with Crippen LogP contribution < -0.4 is 0 Å². The van der Waals surface area contributed by atoms with E-state index in [0.717, 1.165) is 25.7 Å². The Bertz CT molecular complexity index is 436. The third kappa shape index (κ3) is 3.78. The molecule has 6 nitrogen and oxygen atoms in total. The number of hydrogen-bond acceptors (Lipinski definition) is 4. The fourth-order valence-electron chi connectivity index (χ4n) is 3.59. The van der Waals surface area contributed by atoms with Crippen LogP contribution in [0, 0.1) is 17.8 Å². The molecule has 0 bridgehead atoms. The molecular formula is C16H25NO5. The van der Waals surface area contributed by atoms with Crippen molar-refractivity contribution in [3.8, 4) is 0 Å². The number of aliphatic carboxylic acids is 1. The van der Waals surface area contributed by atoms with E-state index in [4.69, 9.17) is 4.74 Å². The van der Waals surface area contributed by atoms with Gasteiger partial charge in [-0.15, -0.1) is 0 Å². The van der Waals surface area contributed by atoms with Crippen molar-refractivity contribution in [1.29, 1.82) is 0 Å². The number of piperidine rings is 1. The second-order valence-corrected chi connectivity index (χ2v) is 6.21. The fourth-order valence-corrected chi connectivity index (χ4v) is 3.59. The highest BCUT2D eigenvalue weighted by Gasteiger charge is 2.39. The molecule has 0 spiro atoms. The van der Waals surface area contributed by atoms with Crippen LogP contribution in [-0.4, -0.2) is 47.5 Å². The molecule has 0 aromatic heterocycles. The lowest BCUT2D eigenvalue weighted by molar-refractivity contribution is -0.156. The van der Waals surface area contributed by atoms with Crippen LogP contribution in [0.1, 0.15) is 45.4 Å². The molecule has 1 saturated heterocycles. The van der Waals surface area contributed by atoms with Crippen LogP contribution in [0.4, 0.5) is 0 Å². The normalized spacial score (nSPS) is 29.0. The zero-order valence-electron chi connectivity index (χ0n) is 13.1. The van der Waals surface area contributed by atoms with E-state index in [-0.39, 0.29) is 17.8 Å². The smallest absolute Gasteiger partial charge is 0.310 e. The molecular weight excluding hydrogens is 286 g/mol. The van der Waals surface area contributed by atoms with Gasteiger partial charge in [0.2, 0.25) is 5.91 Å². The highest BCUT2D eigenvalue weighted by atomic mass is 16.5. The van der Waals surface area contributed by atoms with Gasteiger partial charge in [0.15, 0.2) is 0 Å². The summed E-state index contributed by atoms with van der Waals surface area (Å²) in [7, 11) is 0. The lowest BCUT2D eigenvalue weighted by atomic mass is 9.78. The minimum Gasteiger partial charge on any atom is -0.481 e. The van der Waals surface area contributed by atoms with Gasteiger partial charge in [0.05, 0.1) is 24.4 Å². The van der Waals surface area contributed by atoms with Crippen LogP contribution in [0.2, 0.25) is 0 Å². The first-order chi connectivity index (χ1) is 10.5. The molecule has 0 radical (unpaired) electrons. The van der Waals surface area contributed by atoms with Crippen LogP contribution >= 0.6 is 0 Å². The molecule has 1 amide bonds. The van der Waals surface area contributed by atoms with Gasteiger partial charge in [-0.3, -0.25) is 14.4 Å². The molecule has 1 saturated carbocycles. The number of hydrogen-bond donors (Lipinski definition) is 1. The largest absolute Gasteiger partial charge is 0.481 e. The Morgan fingerprint density at radius 1 is 1.09 bits per heavy atom. The van der Waals surface area contributed by atoms with E-state index >= 15 is 0 Å². The van der Waals surface area contributed by atoms with Crippen LogP contribution in [0.15, 0.2) is 0 Å². The number of carboxylic acids is 1. The van der Waals surface area contributed by atoms with Crippen molar-refractivity contribution in [1.82, 2.24) is 4.90 Å². The maximum Gasteiger partial charge on any atom is 0.310 e. The first-order valence-corrected chi connectivity index (χ1v) is 8.22. The van der Waals surface area contributed by atoms with Crippen molar-refractivity contribution in [3.63, 3.8) is 0 Å². The summed E-state index contributed by atoms with van der Waals surface area (Å²) in [4.78, 5) is 37.6. The number of amides is 1. The van der Waals surface area contributed by atoms with E-state index in [9.17, 15) is 19.5 Å². The molecule has 1 N–H and O–H groups in total. The Hall–Kier alpha value is -1.59. The Balaban J connectivity index is 2.01. The SMILES string of the molecule is CCOC(=O)C1CCCN(C(=O)C2CCCCC2C(=O)O)C1. The summed E-state index contributed by atoms with van der Waals surface area (Å²) in [6.45, 7) is 3.08. The maximum absolute atomic E-state index is 12.7. The zero-order valence-corrected chi connectivity index (χ0v) is 13.1. The maximum atomic E-state index is 12.7. The third-order valence-corrected chi connectivity index (χ3v) is 4.75. The summed E-state index contributed by atoms with van der Waals surface area (Å²) in [6.07, 6.45) is 4.47. The van der Waals surface area contributed by atoms with Gasteiger partial charge in [-0.25, -0.2) is 0 Å². The highest BCUT2D eigenvalue weighted by Crippen LogP contribution is 2.33. The van der Waals surface area contributed by atoms with Gasteiger partial charge in [0, 0.05) is 13.1 Å². The number of likely N-dealkylation sites (tertiary alicyclic amines) is 1. The molecule has 3 atom stereocenters. The Morgan fingerprint density at radius 2 is 1.77 bits per heavy atom. The Labute approximate surface area is 130 Å². The Kier molecular flexibility index (Phi) is 5.80. The van der Waals surface area contributed by atoms with E-state index in [1.807, 2.05) is 0 Å². The van der Waals surface area contributed by atoms with Crippen molar-refractivity contribution >= 4 is 17.8 Å². The first-order valence-electron chi connectivity index (χ1n) is 8.22. The summed E-state index contributed by atoms with van der Waals surface area (Å²) in [5, 5.41) is 9.32. The molecule has 1 aliphatic carbocycles. The first kappa shape index (κ1) is 16.8. The van der Waals surface area contributed by atoms with Crippen molar-refractivity contribution in [2.24, 2.45) is 17.8 Å². The second-order valence-electron chi connectivity index (χ2n) is 6.21. The average Bonchev–Trinajstić information content (AvgIpc) is 2.54. The van der Waals surface area contributed by atoms with Gasteiger partial charge < -0.3 is 14.7 Å². The number of carboxylic acid groups (broad SMARTS) is 1. The lowest BCUT2D eigenvalue weighted by Crippen LogP contribution is -2.48. The molecule has 124 valence electrons. The van der Waals surface area contributed by atoms with Gasteiger partial charge in [-0.1, -0.05) is 12.8 Å². The average molecular weight is 311 g/mol. The highest BCUT2D eigenvalue weighted by molar-refractivity contribution is 5.85. The number of carbonyl (C=O) groups excluding carboxylic acids is 2.